The largest absolute Gasteiger partial charge is 0.478 e. The molecule has 1 aliphatic rings. The number of carboxylic acids is 1. The van der Waals surface area contributed by atoms with Gasteiger partial charge >= 0.3 is 5.97 Å². The van der Waals surface area contributed by atoms with E-state index in [2.05, 4.69) is 17.2 Å². The third kappa shape index (κ3) is 2.55. The van der Waals surface area contributed by atoms with E-state index in [0.717, 1.165) is 28.0 Å². The summed E-state index contributed by atoms with van der Waals surface area (Å²) in [5.74, 6) is 0.283. The highest BCUT2D eigenvalue weighted by Crippen LogP contribution is 2.56. The minimum absolute atomic E-state index is 0.271. The maximum absolute atomic E-state index is 11.7. The maximum Gasteiger partial charge on any atom is 0.337 e. The van der Waals surface area contributed by atoms with Gasteiger partial charge in [-0.05, 0) is 46.9 Å². The molecule has 4 nitrogen and oxygen atoms in total. The van der Waals surface area contributed by atoms with Gasteiger partial charge in [0.25, 0.3) is 0 Å². The fourth-order valence-electron chi connectivity index (χ4n) is 3.60. The molecule has 0 saturated heterocycles. The van der Waals surface area contributed by atoms with Crippen molar-refractivity contribution >= 4 is 33.2 Å². The van der Waals surface area contributed by atoms with E-state index < -0.39 is 5.97 Å². The Hall–Kier alpha value is -2.40. The summed E-state index contributed by atoms with van der Waals surface area (Å²) in [5, 5.41) is 16.0. The molecule has 122 valence electrons. The zero-order chi connectivity index (χ0) is 16.7. The minimum atomic E-state index is -0.889. The lowest BCUT2D eigenvalue weighted by molar-refractivity contribution is 0.0695. The summed E-state index contributed by atoms with van der Waals surface area (Å²) in [6.45, 7) is 3.05. The van der Waals surface area contributed by atoms with Gasteiger partial charge in [0.05, 0.1) is 5.56 Å². The molecule has 24 heavy (non-hydrogen) atoms. The van der Waals surface area contributed by atoms with Gasteiger partial charge in [0.15, 0.2) is 0 Å². The van der Waals surface area contributed by atoms with Crippen molar-refractivity contribution in [3.8, 4) is 0 Å². The first-order chi connectivity index (χ1) is 11.7. The number of thiophene rings is 1. The minimum Gasteiger partial charge on any atom is -0.478 e. The summed E-state index contributed by atoms with van der Waals surface area (Å²) in [5.41, 5.74) is 2.41. The predicted octanol–water partition coefficient (Wildman–Crippen LogP) is 4.46. The molecule has 1 aromatic carbocycles. The molecule has 0 aliphatic heterocycles. The molecule has 1 saturated carbocycles. The van der Waals surface area contributed by atoms with Gasteiger partial charge in [-0.1, -0.05) is 25.1 Å². The van der Waals surface area contributed by atoms with E-state index in [-0.39, 0.29) is 5.92 Å². The van der Waals surface area contributed by atoms with Gasteiger partial charge in [-0.3, -0.25) is 0 Å². The van der Waals surface area contributed by atoms with E-state index >= 15 is 0 Å². The first kappa shape index (κ1) is 15.1. The molecule has 4 rings (SSSR count). The van der Waals surface area contributed by atoms with E-state index in [1.807, 2.05) is 41.8 Å². The molecule has 3 unspecified atom stereocenters. The van der Waals surface area contributed by atoms with E-state index in [4.69, 9.17) is 0 Å². The number of benzene rings is 1. The highest BCUT2D eigenvalue weighted by atomic mass is 32.1. The fourth-order valence-corrected chi connectivity index (χ4v) is 4.35. The average Bonchev–Trinajstić information content (AvgIpc) is 3.00. The van der Waals surface area contributed by atoms with E-state index in [1.165, 1.54) is 6.20 Å². The molecule has 2 heterocycles. The van der Waals surface area contributed by atoms with Crippen LogP contribution < -0.4 is 5.32 Å². The number of pyridine rings is 1. The zero-order valence-electron chi connectivity index (χ0n) is 13.3. The van der Waals surface area contributed by atoms with Crippen LogP contribution in [0.2, 0.25) is 0 Å². The van der Waals surface area contributed by atoms with Crippen LogP contribution in [-0.4, -0.2) is 22.6 Å². The number of fused-ring (bicyclic) bond motifs is 1. The highest BCUT2D eigenvalue weighted by Gasteiger charge is 2.49. The molecule has 2 aromatic heterocycles. The lowest BCUT2D eigenvalue weighted by Gasteiger charge is -2.09. The van der Waals surface area contributed by atoms with E-state index in [9.17, 15) is 9.90 Å². The molecule has 0 radical (unpaired) electrons. The number of anilines is 1. The van der Waals surface area contributed by atoms with Crippen LogP contribution in [0.3, 0.4) is 0 Å². The van der Waals surface area contributed by atoms with E-state index in [0.29, 0.717) is 17.4 Å². The molecule has 3 aromatic rings. The normalized spacial score (nSPS) is 22.5. The maximum atomic E-state index is 11.7. The molecule has 3 atom stereocenters. The van der Waals surface area contributed by atoms with Crippen molar-refractivity contribution in [2.45, 2.75) is 12.8 Å². The number of nitrogens with zero attached hydrogens (tertiary/aromatic N) is 1. The van der Waals surface area contributed by atoms with Crippen LogP contribution in [0, 0.1) is 11.8 Å². The van der Waals surface area contributed by atoms with Crippen molar-refractivity contribution in [1.29, 1.82) is 0 Å². The number of aromatic nitrogens is 1. The van der Waals surface area contributed by atoms with Crippen LogP contribution in [0.15, 0.2) is 48.0 Å². The van der Waals surface area contributed by atoms with Crippen LogP contribution in [0.25, 0.3) is 10.2 Å². The zero-order valence-corrected chi connectivity index (χ0v) is 14.1. The van der Waals surface area contributed by atoms with Gasteiger partial charge in [-0.15, -0.1) is 11.3 Å². The number of rotatable bonds is 5. The number of hydrogen-bond acceptors (Lipinski definition) is 4. The predicted molar refractivity (Wildman–Crippen MR) is 96.9 cm³/mol. The van der Waals surface area contributed by atoms with Gasteiger partial charge < -0.3 is 10.4 Å². The van der Waals surface area contributed by atoms with Crippen LogP contribution in [0.5, 0.6) is 0 Å². The van der Waals surface area contributed by atoms with Crippen molar-refractivity contribution in [2.75, 3.05) is 11.9 Å². The van der Waals surface area contributed by atoms with Gasteiger partial charge in [0.2, 0.25) is 0 Å². The molecular weight excluding hydrogens is 320 g/mol. The Morgan fingerprint density at radius 3 is 2.83 bits per heavy atom. The summed E-state index contributed by atoms with van der Waals surface area (Å²) < 4.78 is 0. The smallest absolute Gasteiger partial charge is 0.337 e. The molecule has 2 N–H and O–H groups in total. The lowest BCUT2D eigenvalue weighted by atomic mass is 10.00. The van der Waals surface area contributed by atoms with Crippen molar-refractivity contribution in [3.05, 3.63) is 59.1 Å². The summed E-state index contributed by atoms with van der Waals surface area (Å²) in [4.78, 5) is 16.9. The summed E-state index contributed by atoms with van der Waals surface area (Å²) >= 11 is 1.56. The Kier molecular flexibility index (Phi) is 3.73. The molecule has 0 amide bonds. The Bertz CT molecular complexity index is 891. The van der Waals surface area contributed by atoms with Gasteiger partial charge in [0, 0.05) is 23.8 Å². The number of aromatic carboxylic acids is 1. The van der Waals surface area contributed by atoms with E-state index in [1.54, 1.807) is 11.3 Å². The number of nitrogens with one attached hydrogen (secondary N) is 1. The molecule has 1 aliphatic carbocycles. The molecule has 5 heteroatoms. The SMILES string of the molecule is CC1C(CNc2ccccc2)C1c1c(C(=O)O)cnc2sccc12. The second-order valence-electron chi connectivity index (χ2n) is 6.33. The first-order valence-corrected chi connectivity index (χ1v) is 8.93. The fraction of sp³-hybridized carbons (Fsp3) is 0.263. The Labute approximate surface area is 144 Å². The monoisotopic (exact) mass is 338 g/mol. The van der Waals surface area contributed by atoms with Gasteiger partial charge in [0.1, 0.15) is 4.83 Å². The molecule has 0 bridgehead atoms. The number of hydrogen-bond donors (Lipinski definition) is 2. The van der Waals surface area contributed by atoms with Gasteiger partial charge in [-0.25, -0.2) is 9.78 Å². The van der Waals surface area contributed by atoms with Crippen LogP contribution >= 0.6 is 11.3 Å². The van der Waals surface area contributed by atoms with Crippen LogP contribution in [-0.2, 0) is 0 Å². The second kappa shape index (κ2) is 5.91. The van der Waals surface area contributed by atoms with Crippen molar-refractivity contribution < 1.29 is 9.90 Å². The third-order valence-electron chi connectivity index (χ3n) is 4.98. The Balaban J connectivity index is 1.62. The second-order valence-corrected chi connectivity index (χ2v) is 7.22. The number of carbonyl (C=O) groups is 1. The summed E-state index contributed by atoms with van der Waals surface area (Å²) in [6, 6.07) is 12.1. The van der Waals surface area contributed by atoms with Crippen LogP contribution in [0.4, 0.5) is 5.69 Å². The lowest BCUT2D eigenvalue weighted by Crippen LogP contribution is -2.07. The van der Waals surface area contributed by atoms with Crippen LogP contribution in [0.1, 0.15) is 28.8 Å². The summed E-state index contributed by atoms with van der Waals surface area (Å²) in [7, 11) is 0. The average molecular weight is 338 g/mol. The standard InChI is InChI=1S/C19H18N2O2S/c1-11-14(9-20-12-5-3-2-4-6-12)16(11)17-13-7-8-24-18(13)21-10-15(17)19(22)23/h2-8,10-11,14,16,20H,9H2,1H3,(H,22,23). The van der Waals surface area contributed by atoms with Crippen molar-refractivity contribution in [3.63, 3.8) is 0 Å². The Morgan fingerprint density at radius 1 is 1.29 bits per heavy atom. The summed E-state index contributed by atoms with van der Waals surface area (Å²) in [6.07, 6.45) is 1.52. The third-order valence-corrected chi connectivity index (χ3v) is 5.80. The number of para-hydroxylation sites is 1. The van der Waals surface area contributed by atoms with Gasteiger partial charge in [-0.2, -0.15) is 0 Å². The molecule has 1 fully saturated rings. The quantitative estimate of drug-likeness (QED) is 0.721. The Morgan fingerprint density at radius 2 is 2.08 bits per heavy atom. The topological polar surface area (TPSA) is 62.2 Å². The van der Waals surface area contributed by atoms with Crippen molar-refractivity contribution in [1.82, 2.24) is 4.98 Å². The molecule has 0 spiro atoms. The number of carboxylic acid groups (broad SMARTS) is 1. The molecular formula is C19H18N2O2S. The highest BCUT2D eigenvalue weighted by molar-refractivity contribution is 7.16. The van der Waals surface area contributed by atoms with Crippen molar-refractivity contribution in [2.24, 2.45) is 11.8 Å². The first-order valence-electron chi connectivity index (χ1n) is 8.05.